The van der Waals surface area contributed by atoms with Gasteiger partial charge in [0.25, 0.3) is 5.91 Å². The molecule has 1 unspecified atom stereocenters. The van der Waals surface area contributed by atoms with Gasteiger partial charge in [-0.15, -0.1) is 0 Å². The third-order valence-electron chi connectivity index (χ3n) is 5.82. The van der Waals surface area contributed by atoms with Crippen molar-refractivity contribution in [2.24, 2.45) is 5.92 Å². The number of piperidine rings is 1. The number of amides is 1. The standard InChI is InChI=1S/C23H28N2O3/c26-16-18-9-12-25(13-10-18)15-17-5-7-20(8-6-17)24-23(27)22-21-4-2-1-3-19(21)11-14-28-22/h1-8,18,22,26H,9-16H2,(H,24,27). The molecule has 1 fully saturated rings. The van der Waals surface area contributed by atoms with E-state index in [1.807, 2.05) is 30.3 Å². The van der Waals surface area contributed by atoms with Crippen molar-refractivity contribution in [2.75, 3.05) is 31.6 Å². The molecule has 148 valence electrons. The Hall–Kier alpha value is -2.21. The highest BCUT2D eigenvalue weighted by Crippen LogP contribution is 2.28. The highest BCUT2D eigenvalue weighted by molar-refractivity contribution is 5.95. The maximum atomic E-state index is 12.7. The van der Waals surface area contributed by atoms with Crippen molar-refractivity contribution < 1.29 is 14.6 Å². The maximum Gasteiger partial charge on any atom is 0.258 e. The molecular weight excluding hydrogens is 352 g/mol. The first-order chi connectivity index (χ1) is 13.7. The van der Waals surface area contributed by atoms with Crippen molar-refractivity contribution in [3.05, 3.63) is 65.2 Å². The molecule has 1 atom stereocenters. The molecular formula is C23H28N2O3. The predicted octanol–water partition coefficient (Wildman–Crippen LogP) is 3.14. The minimum absolute atomic E-state index is 0.119. The molecule has 1 saturated heterocycles. The summed E-state index contributed by atoms with van der Waals surface area (Å²) in [6.45, 7) is 3.84. The zero-order valence-corrected chi connectivity index (χ0v) is 16.1. The van der Waals surface area contributed by atoms with Crippen molar-refractivity contribution in [1.29, 1.82) is 0 Å². The Bertz CT molecular complexity index is 798. The van der Waals surface area contributed by atoms with Crippen molar-refractivity contribution in [3.63, 3.8) is 0 Å². The van der Waals surface area contributed by atoms with Crippen LogP contribution in [-0.2, 0) is 22.5 Å². The Kier molecular flexibility index (Phi) is 6.05. The second-order valence-electron chi connectivity index (χ2n) is 7.79. The van der Waals surface area contributed by atoms with Gasteiger partial charge in [0.2, 0.25) is 0 Å². The molecule has 28 heavy (non-hydrogen) atoms. The van der Waals surface area contributed by atoms with Gasteiger partial charge in [-0.3, -0.25) is 9.69 Å². The quantitative estimate of drug-likeness (QED) is 0.837. The molecule has 2 aliphatic rings. The van der Waals surface area contributed by atoms with Gasteiger partial charge in [0, 0.05) is 18.8 Å². The molecule has 2 aromatic rings. The summed E-state index contributed by atoms with van der Waals surface area (Å²) in [5.74, 6) is 0.340. The molecule has 2 heterocycles. The van der Waals surface area contributed by atoms with E-state index in [0.29, 0.717) is 19.1 Å². The average Bonchev–Trinajstić information content (AvgIpc) is 2.75. The molecule has 4 rings (SSSR count). The second-order valence-corrected chi connectivity index (χ2v) is 7.79. The maximum absolute atomic E-state index is 12.7. The summed E-state index contributed by atoms with van der Waals surface area (Å²) in [5.41, 5.74) is 4.18. The zero-order valence-electron chi connectivity index (χ0n) is 16.1. The van der Waals surface area contributed by atoms with Gasteiger partial charge in [0.15, 0.2) is 6.10 Å². The Morgan fingerprint density at radius 3 is 2.61 bits per heavy atom. The van der Waals surface area contributed by atoms with Crippen molar-refractivity contribution in [2.45, 2.75) is 31.9 Å². The Morgan fingerprint density at radius 2 is 1.86 bits per heavy atom. The number of rotatable bonds is 5. The van der Waals surface area contributed by atoms with E-state index in [0.717, 1.165) is 50.1 Å². The van der Waals surface area contributed by atoms with Gasteiger partial charge in [-0.25, -0.2) is 0 Å². The van der Waals surface area contributed by atoms with Gasteiger partial charge in [0.05, 0.1) is 6.61 Å². The van der Waals surface area contributed by atoms with Gasteiger partial charge in [-0.1, -0.05) is 36.4 Å². The van der Waals surface area contributed by atoms with Gasteiger partial charge in [0.1, 0.15) is 0 Å². The zero-order chi connectivity index (χ0) is 19.3. The van der Waals surface area contributed by atoms with Crippen molar-refractivity contribution >= 4 is 11.6 Å². The third kappa shape index (κ3) is 4.43. The molecule has 5 heteroatoms. The van der Waals surface area contributed by atoms with Crippen molar-refractivity contribution in [3.8, 4) is 0 Å². The largest absolute Gasteiger partial charge is 0.396 e. The first-order valence-corrected chi connectivity index (χ1v) is 10.2. The average molecular weight is 380 g/mol. The van der Waals surface area contributed by atoms with Gasteiger partial charge in [-0.2, -0.15) is 0 Å². The fraction of sp³-hybridized carbons (Fsp3) is 0.435. The van der Waals surface area contributed by atoms with E-state index < -0.39 is 6.10 Å². The topological polar surface area (TPSA) is 61.8 Å². The van der Waals surface area contributed by atoms with Crippen LogP contribution < -0.4 is 5.32 Å². The molecule has 0 radical (unpaired) electrons. The number of fused-ring (bicyclic) bond motifs is 1. The van der Waals surface area contributed by atoms with E-state index in [9.17, 15) is 9.90 Å². The Balaban J connectivity index is 1.34. The molecule has 0 aliphatic carbocycles. The molecule has 5 nitrogen and oxygen atoms in total. The fourth-order valence-electron chi connectivity index (χ4n) is 4.10. The fourth-order valence-corrected chi connectivity index (χ4v) is 4.10. The summed E-state index contributed by atoms with van der Waals surface area (Å²) in [6.07, 6.45) is 2.43. The summed E-state index contributed by atoms with van der Waals surface area (Å²) >= 11 is 0. The van der Waals surface area contributed by atoms with E-state index in [1.165, 1.54) is 11.1 Å². The minimum atomic E-state index is -0.544. The van der Waals surface area contributed by atoms with Crippen LogP contribution in [0.1, 0.15) is 35.6 Å². The number of ether oxygens (including phenoxy) is 1. The monoisotopic (exact) mass is 380 g/mol. The van der Waals surface area contributed by atoms with Gasteiger partial charge < -0.3 is 15.2 Å². The lowest BCUT2D eigenvalue weighted by Gasteiger charge is -2.31. The minimum Gasteiger partial charge on any atom is -0.396 e. The third-order valence-corrected chi connectivity index (χ3v) is 5.82. The molecule has 1 amide bonds. The van der Waals surface area contributed by atoms with Crippen LogP contribution in [0.15, 0.2) is 48.5 Å². The number of hydrogen-bond donors (Lipinski definition) is 2. The molecule has 0 spiro atoms. The van der Waals surface area contributed by atoms with Crippen LogP contribution in [-0.4, -0.2) is 42.2 Å². The smallest absolute Gasteiger partial charge is 0.258 e. The summed E-state index contributed by atoms with van der Waals surface area (Å²) in [7, 11) is 0. The molecule has 2 N–H and O–H groups in total. The van der Waals surface area contributed by atoms with Gasteiger partial charge in [-0.05, 0) is 67.1 Å². The lowest BCUT2D eigenvalue weighted by molar-refractivity contribution is -0.128. The number of carbonyl (C=O) groups is 1. The normalized spacial score (nSPS) is 20.5. The van der Waals surface area contributed by atoms with Crippen LogP contribution >= 0.6 is 0 Å². The number of likely N-dealkylation sites (tertiary alicyclic amines) is 1. The number of aliphatic hydroxyl groups excluding tert-OH is 1. The summed E-state index contributed by atoms with van der Waals surface area (Å²) in [5, 5.41) is 12.2. The number of aliphatic hydroxyl groups is 1. The van der Waals surface area contributed by atoms with Crippen LogP contribution in [0.3, 0.4) is 0 Å². The highest BCUT2D eigenvalue weighted by atomic mass is 16.5. The summed E-state index contributed by atoms with van der Waals surface area (Å²) in [4.78, 5) is 15.1. The van der Waals surface area contributed by atoms with Crippen LogP contribution in [0.2, 0.25) is 0 Å². The molecule has 2 aliphatic heterocycles. The van der Waals surface area contributed by atoms with E-state index in [4.69, 9.17) is 4.74 Å². The first-order valence-electron chi connectivity index (χ1n) is 10.2. The van der Waals surface area contributed by atoms with Gasteiger partial charge >= 0.3 is 0 Å². The predicted molar refractivity (Wildman–Crippen MR) is 109 cm³/mol. The van der Waals surface area contributed by atoms with Crippen LogP contribution in [0, 0.1) is 5.92 Å². The lowest BCUT2D eigenvalue weighted by Crippen LogP contribution is -2.34. The number of benzene rings is 2. The van der Waals surface area contributed by atoms with Crippen LogP contribution in [0.4, 0.5) is 5.69 Å². The number of nitrogens with one attached hydrogen (secondary N) is 1. The SMILES string of the molecule is O=C(Nc1ccc(CN2CCC(CO)CC2)cc1)C1OCCc2ccccc21. The summed E-state index contributed by atoms with van der Waals surface area (Å²) in [6, 6.07) is 16.1. The second kappa shape index (κ2) is 8.86. The molecule has 0 bridgehead atoms. The highest BCUT2D eigenvalue weighted by Gasteiger charge is 2.27. The number of carbonyl (C=O) groups excluding carboxylic acids is 1. The van der Waals surface area contributed by atoms with E-state index in [2.05, 4.69) is 28.4 Å². The molecule has 2 aromatic carbocycles. The van der Waals surface area contributed by atoms with Crippen molar-refractivity contribution in [1.82, 2.24) is 4.90 Å². The Labute approximate surface area is 166 Å². The summed E-state index contributed by atoms with van der Waals surface area (Å²) < 4.78 is 5.74. The molecule has 0 aromatic heterocycles. The number of hydrogen-bond acceptors (Lipinski definition) is 4. The van der Waals surface area contributed by atoms with E-state index >= 15 is 0 Å². The van der Waals surface area contributed by atoms with E-state index in [1.54, 1.807) is 0 Å². The number of nitrogens with zero attached hydrogens (tertiary/aromatic N) is 1. The van der Waals surface area contributed by atoms with Crippen LogP contribution in [0.25, 0.3) is 0 Å². The van der Waals surface area contributed by atoms with E-state index in [-0.39, 0.29) is 5.91 Å². The Morgan fingerprint density at radius 1 is 1.11 bits per heavy atom. The first kappa shape index (κ1) is 19.1. The number of anilines is 1. The lowest BCUT2D eigenvalue weighted by atomic mass is 9.97. The van der Waals surface area contributed by atoms with Crippen LogP contribution in [0.5, 0.6) is 0 Å². The molecule has 0 saturated carbocycles.